The fourth-order valence-electron chi connectivity index (χ4n) is 3.49. The van der Waals surface area contributed by atoms with Crippen LogP contribution in [0.25, 0.3) is 0 Å². The summed E-state index contributed by atoms with van der Waals surface area (Å²) in [5.41, 5.74) is 9.51. The topological polar surface area (TPSA) is 122 Å². The van der Waals surface area contributed by atoms with Crippen LogP contribution in [-0.4, -0.2) is 24.2 Å². The van der Waals surface area contributed by atoms with Gasteiger partial charge in [-0.25, -0.2) is 0 Å². The van der Waals surface area contributed by atoms with Gasteiger partial charge >= 0.3 is 0 Å². The number of unbranched alkanes of at least 4 members (excludes halogenated alkanes) is 3. The molecular weight excluding hydrogens is 536 g/mol. The Morgan fingerprint density at radius 2 is 0.976 bits per heavy atom. The molecule has 9 heteroatoms. The third-order valence-electron chi connectivity index (χ3n) is 5.71. The number of carbonyl (C=O) groups excluding carboxylic acids is 2. The lowest BCUT2D eigenvalue weighted by atomic mass is 10.1. The molecule has 0 aliphatic carbocycles. The quantitative estimate of drug-likeness (QED) is 0.101. The number of benzene rings is 4. The number of hydrogen-bond acceptors (Lipinski definition) is 7. The summed E-state index contributed by atoms with van der Waals surface area (Å²) in [6, 6.07) is 32.7. The van der Waals surface area contributed by atoms with Gasteiger partial charge in [-0.15, -0.1) is 0 Å². The number of rotatable bonds is 12. The van der Waals surface area contributed by atoms with E-state index < -0.39 is 5.24 Å². The Hall–Kier alpha value is -4.53. The van der Waals surface area contributed by atoms with Crippen molar-refractivity contribution in [2.24, 2.45) is 26.2 Å². The summed E-state index contributed by atoms with van der Waals surface area (Å²) >= 11 is 5.34. The van der Waals surface area contributed by atoms with Crippen LogP contribution < -0.4 is 11.1 Å². The minimum Gasteiger partial charge on any atom is -0.352 e. The van der Waals surface area contributed by atoms with Gasteiger partial charge in [-0.3, -0.25) is 9.59 Å². The lowest BCUT2D eigenvalue weighted by molar-refractivity contribution is 0.0952. The average Bonchev–Trinajstić information content (AvgIpc) is 3.02. The second-order valence-electron chi connectivity index (χ2n) is 8.90. The van der Waals surface area contributed by atoms with E-state index in [1.807, 2.05) is 60.7 Å². The van der Waals surface area contributed by atoms with Crippen molar-refractivity contribution in [3.63, 3.8) is 0 Å². The van der Waals surface area contributed by atoms with E-state index in [-0.39, 0.29) is 5.91 Å². The summed E-state index contributed by atoms with van der Waals surface area (Å²) in [5, 5.41) is 18.9. The molecule has 0 saturated heterocycles. The number of hydrogen-bond donors (Lipinski definition) is 2. The van der Waals surface area contributed by atoms with E-state index in [9.17, 15) is 9.59 Å². The number of azo groups is 2. The molecule has 0 aliphatic heterocycles. The Balaban J connectivity index is 0.000000239. The monoisotopic (exact) mass is 568 g/mol. The average molecular weight is 569 g/mol. The number of halogens is 1. The van der Waals surface area contributed by atoms with Gasteiger partial charge in [-0.2, -0.15) is 20.5 Å². The predicted octanol–water partition coefficient (Wildman–Crippen LogP) is 8.83. The molecule has 1 amide bonds. The van der Waals surface area contributed by atoms with Crippen LogP contribution in [0.15, 0.2) is 130 Å². The zero-order valence-corrected chi connectivity index (χ0v) is 23.5. The second-order valence-corrected chi connectivity index (χ2v) is 9.24. The minimum atomic E-state index is -0.475. The van der Waals surface area contributed by atoms with E-state index in [1.165, 1.54) is 0 Å². The van der Waals surface area contributed by atoms with Crippen LogP contribution in [0.2, 0.25) is 0 Å². The first-order chi connectivity index (χ1) is 20.0. The van der Waals surface area contributed by atoms with Crippen LogP contribution in [0.3, 0.4) is 0 Å². The second kappa shape index (κ2) is 17.9. The van der Waals surface area contributed by atoms with Crippen LogP contribution in [0, 0.1) is 0 Å². The van der Waals surface area contributed by atoms with E-state index in [0.29, 0.717) is 23.4 Å². The fourth-order valence-corrected chi connectivity index (χ4v) is 3.61. The van der Waals surface area contributed by atoms with E-state index in [0.717, 1.165) is 49.3 Å². The molecule has 4 aromatic rings. The fraction of sp³-hybridized carbons (Fsp3) is 0.188. The van der Waals surface area contributed by atoms with Gasteiger partial charge in [0.1, 0.15) is 0 Å². The normalized spacial score (nSPS) is 10.8. The molecule has 0 atom stereocenters. The maximum atomic E-state index is 12.0. The van der Waals surface area contributed by atoms with Gasteiger partial charge in [-0.05, 0) is 104 Å². The molecule has 0 radical (unpaired) electrons. The Kier molecular flexibility index (Phi) is 13.6. The van der Waals surface area contributed by atoms with Crippen molar-refractivity contribution in [1.29, 1.82) is 0 Å². The molecule has 0 spiro atoms. The Morgan fingerprint density at radius 3 is 1.41 bits per heavy atom. The smallest absolute Gasteiger partial charge is 0.252 e. The maximum absolute atomic E-state index is 12.0. The third kappa shape index (κ3) is 12.0. The highest BCUT2D eigenvalue weighted by Crippen LogP contribution is 2.19. The summed E-state index contributed by atoms with van der Waals surface area (Å²) in [7, 11) is 0. The molecule has 3 N–H and O–H groups in total. The summed E-state index contributed by atoms with van der Waals surface area (Å²) in [4.78, 5) is 22.9. The van der Waals surface area contributed by atoms with Gasteiger partial charge in [0.15, 0.2) is 0 Å². The lowest BCUT2D eigenvalue weighted by Crippen LogP contribution is -2.24. The van der Waals surface area contributed by atoms with Gasteiger partial charge in [0.25, 0.3) is 11.1 Å². The Bertz CT molecular complexity index is 1390. The van der Waals surface area contributed by atoms with Crippen LogP contribution in [0.1, 0.15) is 46.4 Å². The number of amides is 1. The van der Waals surface area contributed by atoms with Crippen molar-refractivity contribution in [1.82, 2.24) is 5.32 Å². The zero-order valence-electron chi connectivity index (χ0n) is 22.7. The summed E-state index contributed by atoms with van der Waals surface area (Å²) < 4.78 is 0. The Morgan fingerprint density at radius 1 is 0.561 bits per heavy atom. The van der Waals surface area contributed by atoms with Crippen molar-refractivity contribution < 1.29 is 9.59 Å². The summed E-state index contributed by atoms with van der Waals surface area (Å²) in [6.45, 7) is 1.43. The maximum Gasteiger partial charge on any atom is 0.252 e. The number of nitrogens with zero attached hydrogens (tertiary/aromatic N) is 4. The first-order valence-electron chi connectivity index (χ1n) is 13.4. The molecule has 0 aromatic heterocycles. The number of nitrogens with one attached hydrogen (secondary N) is 1. The van der Waals surface area contributed by atoms with E-state index >= 15 is 0 Å². The third-order valence-corrected chi connectivity index (χ3v) is 5.93. The zero-order chi connectivity index (χ0) is 29.1. The van der Waals surface area contributed by atoms with Crippen LogP contribution in [0.5, 0.6) is 0 Å². The first kappa shape index (κ1) is 31.0. The SMILES string of the molecule is NCCCCCCNC(=O)c1ccc(N=Nc2ccccc2)cc1.O=C(Cl)c1ccc(N=Nc2ccccc2)cc1. The van der Waals surface area contributed by atoms with Crippen LogP contribution in [0.4, 0.5) is 22.7 Å². The molecule has 4 rings (SSSR count). The van der Waals surface area contributed by atoms with Crippen LogP contribution >= 0.6 is 11.6 Å². The van der Waals surface area contributed by atoms with Crippen molar-refractivity contribution in [3.05, 3.63) is 120 Å². The highest BCUT2D eigenvalue weighted by molar-refractivity contribution is 6.67. The molecule has 0 aliphatic rings. The number of carbonyl (C=O) groups is 2. The van der Waals surface area contributed by atoms with Gasteiger partial charge in [0.2, 0.25) is 0 Å². The molecule has 0 unspecified atom stereocenters. The van der Waals surface area contributed by atoms with Gasteiger partial charge in [0.05, 0.1) is 22.7 Å². The van der Waals surface area contributed by atoms with Crippen molar-refractivity contribution in [3.8, 4) is 0 Å². The molecular formula is C32H33ClN6O2. The largest absolute Gasteiger partial charge is 0.352 e. The first-order valence-corrected chi connectivity index (χ1v) is 13.7. The lowest BCUT2D eigenvalue weighted by Gasteiger charge is -2.05. The summed E-state index contributed by atoms with van der Waals surface area (Å²) in [6.07, 6.45) is 4.24. The van der Waals surface area contributed by atoms with E-state index in [4.69, 9.17) is 17.3 Å². The van der Waals surface area contributed by atoms with Crippen molar-refractivity contribution >= 4 is 45.5 Å². The molecule has 0 bridgehead atoms. The molecule has 0 fully saturated rings. The van der Waals surface area contributed by atoms with Crippen molar-refractivity contribution in [2.45, 2.75) is 25.7 Å². The van der Waals surface area contributed by atoms with Gasteiger partial charge in [-0.1, -0.05) is 49.2 Å². The molecule has 0 saturated carbocycles. The molecule has 4 aromatic carbocycles. The minimum absolute atomic E-state index is 0.0552. The van der Waals surface area contributed by atoms with E-state index in [1.54, 1.807) is 48.5 Å². The number of nitrogens with two attached hydrogens (primary N) is 1. The molecule has 41 heavy (non-hydrogen) atoms. The predicted molar refractivity (Wildman–Crippen MR) is 164 cm³/mol. The highest BCUT2D eigenvalue weighted by Gasteiger charge is 2.04. The highest BCUT2D eigenvalue weighted by atomic mass is 35.5. The van der Waals surface area contributed by atoms with Crippen molar-refractivity contribution in [2.75, 3.05) is 13.1 Å². The van der Waals surface area contributed by atoms with Gasteiger partial charge < -0.3 is 11.1 Å². The van der Waals surface area contributed by atoms with Gasteiger partial charge in [0, 0.05) is 17.7 Å². The van der Waals surface area contributed by atoms with Crippen LogP contribution in [-0.2, 0) is 0 Å². The summed E-state index contributed by atoms with van der Waals surface area (Å²) in [5.74, 6) is -0.0552. The molecule has 210 valence electrons. The standard InChI is InChI=1S/C19H24N4O.C13H9ClN2O/c20-14-6-1-2-7-15-21-19(24)16-10-12-18(13-11-16)23-22-17-8-4-3-5-9-17;14-13(17)10-6-8-12(9-7-10)16-15-11-4-2-1-3-5-11/h3-5,8-13H,1-2,6-7,14-15,20H2,(H,21,24);1-9H. The molecule has 8 nitrogen and oxygen atoms in total. The molecule has 0 heterocycles. The van der Waals surface area contributed by atoms with E-state index in [2.05, 4.69) is 25.8 Å². The Labute approximate surface area is 245 Å².